The zero-order chi connectivity index (χ0) is 67.0. The second-order valence-electron chi connectivity index (χ2n) is 37.7. The van der Waals surface area contributed by atoms with Crippen molar-refractivity contribution in [2.75, 3.05) is 14.7 Å². The summed E-state index contributed by atoms with van der Waals surface area (Å²) in [7, 11) is 0. The van der Waals surface area contributed by atoms with Gasteiger partial charge in [0.25, 0.3) is 6.71 Å². The van der Waals surface area contributed by atoms with E-state index in [2.05, 4.69) is 315 Å². The van der Waals surface area contributed by atoms with Crippen LogP contribution in [0.25, 0.3) is 11.1 Å². The van der Waals surface area contributed by atoms with Gasteiger partial charge in [0.15, 0.2) is 0 Å². The predicted molar refractivity (Wildman–Crippen MR) is 404 cm³/mol. The SMILES string of the molecule is Cc1cc(C(C)(C)C)ccc1N1c2cc3c(cc2B2c4cc5c(cc4N(c4cc6c(cc4C)C(C)(C)CCC6(C)C)c4cc(N(c6ccc(C(C)(C)C)cc6)c6ccc(C(C)(C)C)cc6)cc1c42)C(C)(C)c1cc2c(cc1-5)C(C)(C)CCC2(C)C)C(C)(C)CCC3(C)C. The van der Waals surface area contributed by atoms with Gasteiger partial charge < -0.3 is 14.7 Å². The molecule has 4 aliphatic carbocycles. The first-order chi connectivity index (χ1) is 43.0. The van der Waals surface area contributed by atoms with Crippen molar-refractivity contribution in [2.45, 2.75) is 266 Å². The Hall–Kier alpha value is -6.78. The maximum Gasteiger partial charge on any atom is 0.252 e. The van der Waals surface area contributed by atoms with Gasteiger partial charge in [0, 0.05) is 50.9 Å². The van der Waals surface area contributed by atoms with Gasteiger partial charge in [-0.05, 0) is 268 Å². The molecule has 8 aromatic carbocycles. The number of aryl methyl sites for hydroxylation is 2. The Morgan fingerprint density at radius 1 is 0.312 bits per heavy atom. The van der Waals surface area contributed by atoms with Gasteiger partial charge in [0.2, 0.25) is 0 Å². The van der Waals surface area contributed by atoms with Crippen LogP contribution in [-0.4, -0.2) is 6.71 Å². The van der Waals surface area contributed by atoms with Crippen molar-refractivity contribution in [2.24, 2.45) is 0 Å². The van der Waals surface area contributed by atoms with Crippen LogP contribution in [0.2, 0.25) is 0 Å². The monoisotopic (exact) mass is 1230 g/mol. The van der Waals surface area contributed by atoms with E-state index in [1.165, 1.54) is 153 Å². The fourth-order valence-electron chi connectivity index (χ4n) is 18.0. The molecule has 14 rings (SSSR count). The highest BCUT2D eigenvalue weighted by molar-refractivity contribution is 7.00. The lowest BCUT2D eigenvalue weighted by Crippen LogP contribution is -2.62. The molecule has 6 aliphatic rings. The lowest BCUT2D eigenvalue weighted by Gasteiger charge is -2.48. The molecule has 0 amide bonds. The third kappa shape index (κ3) is 9.82. The van der Waals surface area contributed by atoms with Crippen molar-refractivity contribution in [3.63, 3.8) is 0 Å². The summed E-state index contributed by atoms with van der Waals surface area (Å²) < 4.78 is 0. The van der Waals surface area contributed by atoms with Crippen molar-refractivity contribution in [3.05, 3.63) is 200 Å². The fourth-order valence-corrected chi connectivity index (χ4v) is 18.0. The molecule has 8 aromatic rings. The first kappa shape index (κ1) is 63.6. The standard InChI is InChI=1S/C89H108BN3/c1-53-42-57(82(9,10)11)30-35-73(53)92-76-52-70-68(86(18,19)39-41-88(70,22)23)49-72(76)90-71-47-62-61-46-66-67(85(16,17)38-37-84(66,14)15)48-63(61)89(24,25)64(62)50-75(71)93(74-51-69-65(43-54(74)2)83(12,13)36-40-87(69,20)21)78-45-60(44-77(92)79(78)90)91(58-31-26-55(27-32-58)80(3,4)5)59-33-28-56(29-34-59)81(6,7)8/h26-35,42-52H,36-41H2,1-25H3. The van der Waals surface area contributed by atoms with Crippen LogP contribution < -0.4 is 31.1 Å². The minimum absolute atomic E-state index is 0.00689. The minimum atomic E-state index is -0.260. The summed E-state index contributed by atoms with van der Waals surface area (Å²) in [4.78, 5) is 8.15. The van der Waals surface area contributed by atoms with Crippen LogP contribution in [0.4, 0.5) is 51.2 Å². The molecule has 0 radical (unpaired) electrons. The number of hydrogen-bond acceptors (Lipinski definition) is 3. The molecule has 0 spiro atoms. The molecule has 0 N–H and O–H groups in total. The van der Waals surface area contributed by atoms with Crippen molar-refractivity contribution in [1.29, 1.82) is 0 Å². The van der Waals surface area contributed by atoms with Gasteiger partial charge in [0.05, 0.1) is 5.69 Å². The molecule has 4 heteroatoms. The Labute approximate surface area is 562 Å². The average Bonchev–Trinajstić information content (AvgIpc) is 1.64. The smallest absolute Gasteiger partial charge is 0.252 e. The molecule has 0 unspecified atom stereocenters. The van der Waals surface area contributed by atoms with E-state index < -0.39 is 0 Å². The third-order valence-corrected chi connectivity index (χ3v) is 24.7. The van der Waals surface area contributed by atoms with Crippen LogP contribution in [0.5, 0.6) is 0 Å². The molecule has 2 aliphatic heterocycles. The van der Waals surface area contributed by atoms with Crippen LogP contribution in [0.1, 0.15) is 270 Å². The highest BCUT2D eigenvalue weighted by Gasteiger charge is 2.51. The molecular formula is C89H108BN3. The summed E-state index contributed by atoms with van der Waals surface area (Å²) in [5.74, 6) is 0. The Morgan fingerprint density at radius 2 is 0.656 bits per heavy atom. The number of anilines is 9. The first-order valence-electron chi connectivity index (χ1n) is 35.7. The number of fused-ring (bicyclic) bond motifs is 10. The number of hydrogen-bond donors (Lipinski definition) is 0. The summed E-state index contributed by atoms with van der Waals surface area (Å²) in [6, 6.07) is 53.3. The molecular weight excluding hydrogens is 1120 g/mol. The second-order valence-corrected chi connectivity index (χ2v) is 37.7. The van der Waals surface area contributed by atoms with Crippen LogP contribution >= 0.6 is 0 Å². The molecule has 3 nitrogen and oxygen atoms in total. The lowest BCUT2D eigenvalue weighted by atomic mass is 9.33. The summed E-state index contributed by atoms with van der Waals surface area (Å²) in [5.41, 5.74) is 36.4. The van der Waals surface area contributed by atoms with E-state index in [0.29, 0.717) is 0 Å². The second kappa shape index (κ2) is 20.1. The maximum atomic E-state index is 2.81. The van der Waals surface area contributed by atoms with Gasteiger partial charge in [-0.25, -0.2) is 0 Å². The zero-order valence-electron chi connectivity index (χ0n) is 61.8. The van der Waals surface area contributed by atoms with Crippen molar-refractivity contribution < 1.29 is 0 Å². The van der Waals surface area contributed by atoms with E-state index in [1.54, 1.807) is 0 Å². The molecule has 0 aromatic heterocycles. The summed E-state index contributed by atoms with van der Waals surface area (Å²) in [6.07, 6.45) is 6.97. The third-order valence-electron chi connectivity index (χ3n) is 24.7. The number of benzene rings is 8. The summed E-state index contributed by atoms with van der Waals surface area (Å²) in [5, 5.41) is 0. The van der Waals surface area contributed by atoms with E-state index in [0.717, 1.165) is 36.3 Å². The van der Waals surface area contributed by atoms with Crippen LogP contribution in [0.15, 0.2) is 127 Å². The van der Waals surface area contributed by atoms with Crippen LogP contribution in [-0.2, 0) is 54.1 Å². The molecule has 0 saturated carbocycles. The topological polar surface area (TPSA) is 9.72 Å². The van der Waals surface area contributed by atoms with Gasteiger partial charge in [0.1, 0.15) is 0 Å². The Bertz CT molecular complexity index is 4380. The van der Waals surface area contributed by atoms with E-state index >= 15 is 0 Å². The fraction of sp³-hybridized carbons (Fsp3) is 0.461. The summed E-state index contributed by atoms with van der Waals surface area (Å²) >= 11 is 0. The van der Waals surface area contributed by atoms with E-state index in [4.69, 9.17) is 0 Å². The average molecular weight is 1230 g/mol. The summed E-state index contributed by atoms with van der Waals surface area (Å²) in [6.45, 7) is 61.0. The van der Waals surface area contributed by atoms with Crippen LogP contribution in [0.3, 0.4) is 0 Å². The largest absolute Gasteiger partial charge is 0.311 e. The van der Waals surface area contributed by atoms with E-state index in [1.807, 2.05) is 0 Å². The lowest BCUT2D eigenvalue weighted by molar-refractivity contribution is 0.331. The van der Waals surface area contributed by atoms with Gasteiger partial charge in [-0.15, -0.1) is 0 Å². The number of rotatable bonds is 5. The molecule has 0 atom stereocenters. The molecule has 0 saturated heterocycles. The Morgan fingerprint density at radius 3 is 1.11 bits per heavy atom. The van der Waals surface area contributed by atoms with Crippen molar-refractivity contribution in [1.82, 2.24) is 0 Å². The van der Waals surface area contributed by atoms with Crippen molar-refractivity contribution >= 4 is 74.3 Å². The normalized spacial score (nSPS) is 19.5. The van der Waals surface area contributed by atoms with E-state index in [-0.39, 0.29) is 60.9 Å². The highest BCUT2D eigenvalue weighted by atomic mass is 15.2. The molecule has 0 fully saturated rings. The van der Waals surface area contributed by atoms with Gasteiger partial charge in [-0.3, -0.25) is 0 Å². The molecule has 0 bridgehead atoms. The molecule has 93 heavy (non-hydrogen) atoms. The zero-order valence-corrected chi connectivity index (χ0v) is 61.8. The minimum Gasteiger partial charge on any atom is -0.311 e. The van der Waals surface area contributed by atoms with E-state index in [9.17, 15) is 0 Å². The van der Waals surface area contributed by atoms with Gasteiger partial charge in [-0.1, -0.05) is 220 Å². The van der Waals surface area contributed by atoms with Crippen molar-refractivity contribution in [3.8, 4) is 11.1 Å². The van der Waals surface area contributed by atoms with Gasteiger partial charge in [-0.2, -0.15) is 0 Å². The highest BCUT2D eigenvalue weighted by Crippen LogP contribution is 2.59. The maximum absolute atomic E-state index is 2.81. The van der Waals surface area contributed by atoms with Crippen LogP contribution in [0, 0.1) is 13.8 Å². The number of nitrogens with zero attached hydrogens (tertiary/aromatic N) is 3. The predicted octanol–water partition coefficient (Wildman–Crippen LogP) is 23.1. The quantitative estimate of drug-likeness (QED) is 0.159. The van der Waals surface area contributed by atoms with Gasteiger partial charge >= 0.3 is 0 Å². The Kier molecular flexibility index (Phi) is 13.8. The Balaban J connectivity index is 1.17. The first-order valence-corrected chi connectivity index (χ1v) is 35.7. The molecule has 482 valence electrons. The molecule has 2 heterocycles.